The van der Waals surface area contributed by atoms with E-state index in [1.54, 1.807) is 6.07 Å². The van der Waals surface area contributed by atoms with Gasteiger partial charge in [0.1, 0.15) is 11.6 Å². The Bertz CT molecular complexity index is 343. The molecule has 1 aliphatic rings. The fourth-order valence-corrected chi connectivity index (χ4v) is 2.51. The standard InChI is InChI=1S/C11H11Br2FO/c12-6-11(1-2-11)7-15-10-4-8(13)3-9(14)5-10/h3-5H,1-2,6-7H2. The molecule has 1 nitrogen and oxygen atoms in total. The molecule has 1 aromatic carbocycles. The van der Waals surface area contributed by atoms with E-state index in [1.807, 2.05) is 0 Å². The summed E-state index contributed by atoms with van der Waals surface area (Å²) in [6, 6.07) is 4.62. The molecule has 1 fully saturated rings. The fraction of sp³-hybridized carbons (Fsp3) is 0.455. The molecule has 0 atom stereocenters. The SMILES string of the molecule is Fc1cc(Br)cc(OCC2(CBr)CC2)c1. The molecule has 0 bridgehead atoms. The monoisotopic (exact) mass is 336 g/mol. The molecule has 15 heavy (non-hydrogen) atoms. The van der Waals surface area contributed by atoms with E-state index < -0.39 is 0 Å². The molecule has 0 unspecified atom stereocenters. The summed E-state index contributed by atoms with van der Waals surface area (Å²) >= 11 is 6.71. The lowest BCUT2D eigenvalue weighted by Crippen LogP contribution is -2.14. The maximum Gasteiger partial charge on any atom is 0.128 e. The lowest BCUT2D eigenvalue weighted by atomic mass is 10.2. The van der Waals surface area contributed by atoms with Crippen LogP contribution in [-0.4, -0.2) is 11.9 Å². The maximum absolute atomic E-state index is 13.0. The average Bonchev–Trinajstić information content (AvgIpc) is 2.94. The third-order valence-corrected chi connectivity index (χ3v) is 4.27. The second-order valence-electron chi connectivity index (χ2n) is 4.03. The van der Waals surface area contributed by atoms with E-state index in [4.69, 9.17) is 4.74 Å². The van der Waals surface area contributed by atoms with Crippen LogP contribution < -0.4 is 4.74 Å². The van der Waals surface area contributed by atoms with Crippen molar-refractivity contribution in [1.29, 1.82) is 0 Å². The van der Waals surface area contributed by atoms with Crippen LogP contribution >= 0.6 is 31.9 Å². The highest BCUT2D eigenvalue weighted by molar-refractivity contribution is 9.10. The summed E-state index contributed by atoms with van der Waals surface area (Å²) in [4.78, 5) is 0. The highest BCUT2D eigenvalue weighted by atomic mass is 79.9. The highest BCUT2D eigenvalue weighted by Gasteiger charge is 2.42. The third kappa shape index (κ3) is 2.94. The number of hydrogen-bond acceptors (Lipinski definition) is 1. The summed E-state index contributed by atoms with van der Waals surface area (Å²) in [5.41, 5.74) is 0.290. The van der Waals surface area contributed by atoms with Gasteiger partial charge in [-0.05, 0) is 25.0 Å². The lowest BCUT2D eigenvalue weighted by molar-refractivity contribution is 0.250. The second kappa shape index (κ2) is 4.42. The van der Waals surface area contributed by atoms with Gasteiger partial charge in [0.2, 0.25) is 0 Å². The van der Waals surface area contributed by atoms with Crippen LogP contribution in [0, 0.1) is 11.2 Å². The smallest absolute Gasteiger partial charge is 0.128 e. The van der Waals surface area contributed by atoms with Crippen LogP contribution in [0.15, 0.2) is 22.7 Å². The lowest BCUT2D eigenvalue weighted by Gasteiger charge is -2.13. The molecule has 82 valence electrons. The molecule has 0 aromatic heterocycles. The number of rotatable bonds is 4. The predicted octanol–water partition coefficient (Wildman–Crippen LogP) is 4.14. The van der Waals surface area contributed by atoms with E-state index in [9.17, 15) is 4.39 Å². The van der Waals surface area contributed by atoms with Crippen molar-refractivity contribution in [2.24, 2.45) is 5.41 Å². The number of hydrogen-bond donors (Lipinski definition) is 0. The van der Waals surface area contributed by atoms with Gasteiger partial charge in [0.05, 0.1) is 6.61 Å². The predicted molar refractivity (Wildman–Crippen MR) is 65.1 cm³/mol. The van der Waals surface area contributed by atoms with Crippen molar-refractivity contribution in [3.63, 3.8) is 0 Å². The molecule has 1 aromatic rings. The van der Waals surface area contributed by atoms with Gasteiger partial charge in [-0.25, -0.2) is 4.39 Å². The summed E-state index contributed by atoms with van der Waals surface area (Å²) < 4.78 is 19.3. The Morgan fingerprint density at radius 2 is 2.07 bits per heavy atom. The summed E-state index contributed by atoms with van der Waals surface area (Å²) in [6.45, 7) is 0.661. The van der Waals surface area contributed by atoms with Crippen LogP contribution in [-0.2, 0) is 0 Å². The number of halogens is 3. The van der Waals surface area contributed by atoms with E-state index in [0.717, 1.165) is 5.33 Å². The number of benzene rings is 1. The zero-order valence-electron chi connectivity index (χ0n) is 8.10. The third-order valence-electron chi connectivity index (χ3n) is 2.62. The van der Waals surface area contributed by atoms with Crippen molar-refractivity contribution in [1.82, 2.24) is 0 Å². The summed E-state index contributed by atoms with van der Waals surface area (Å²) in [6.07, 6.45) is 2.38. The van der Waals surface area contributed by atoms with Gasteiger partial charge in [0.25, 0.3) is 0 Å². The van der Waals surface area contributed by atoms with Crippen LogP contribution in [0.25, 0.3) is 0 Å². The Labute approximate surface area is 105 Å². The van der Waals surface area contributed by atoms with E-state index in [0.29, 0.717) is 22.2 Å². The Morgan fingerprint density at radius 1 is 1.33 bits per heavy atom. The van der Waals surface area contributed by atoms with Gasteiger partial charge < -0.3 is 4.74 Å². The molecule has 0 heterocycles. The van der Waals surface area contributed by atoms with Crippen molar-refractivity contribution in [2.45, 2.75) is 12.8 Å². The van der Waals surface area contributed by atoms with Crippen LogP contribution in [0.4, 0.5) is 4.39 Å². The molecule has 4 heteroatoms. The molecule has 0 radical (unpaired) electrons. The first-order valence-electron chi connectivity index (χ1n) is 4.78. The summed E-state index contributed by atoms with van der Waals surface area (Å²) in [5, 5.41) is 0.955. The molecule has 0 spiro atoms. The number of alkyl halides is 1. The van der Waals surface area contributed by atoms with Crippen molar-refractivity contribution in [3.05, 3.63) is 28.5 Å². The molecule has 0 amide bonds. The first kappa shape index (κ1) is 11.4. The van der Waals surface area contributed by atoms with Gasteiger partial charge in [-0.1, -0.05) is 31.9 Å². The minimum Gasteiger partial charge on any atom is -0.493 e. The van der Waals surface area contributed by atoms with Gasteiger partial charge >= 0.3 is 0 Å². The molecular weight excluding hydrogens is 327 g/mol. The second-order valence-corrected chi connectivity index (χ2v) is 5.50. The van der Waals surface area contributed by atoms with Crippen molar-refractivity contribution in [3.8, 4) is 5.75 Å². The average molecular weight is 338 g/mol. The Kier molecular flexibility index (Phi) is 3.36. The Balaban J connectivity index is 1.99. The van der Waals surface area contributed by atoms with Gasteiger partial charge in [-0.2, -0.15) is 0 Å². The molecular formula is C11H11Br2FO. The Hall–Kier alpha value is -0.0900. The van der Waals surface area contributed by atoms with Crippen LogP contribution in [0.1, 0.15) is 12.8 Å². The largest absolute Gasteiger partial charge is 0.493 e. The minimum atomic E-state index is -0.275. The minimum absolute atomic E-state index is 0.275. The molecule has 0 aliphatic heterocycles. The first-order valence-corrected chi connectivity index (χ1v) is 6.70. The molecule has 2 rings (SSSR count). The maximum atomic E-state index is 13.0. The zero-order chi connectivity index (χ0) is 10.9. The zero-order valence-corrected chi connectivity index (χ0v) is 11.3. The highest BCUT2D eigenvalue weighted by Crippen LogP contribution is 2.47. The van der Waals surface area contributed by atoms with Crippen molar-refractivity contribution in [2.75, 3.05) is 11.9 Å². The molecule has 0 N–H and O–H groups in total. The normalized spacial score (nSPS) is 17.5. The van der Waals surface area contributed by atoms with E-state index in [1.165, 1.54) is 25.0 Å². The van der Waals surface area contributed by atoms with Gasteiger partial charge in [-0.3, -0.25) is 0 Å². The van der Waals surface area contributed by atoms with Gasteiger partial charge in [0.15, 0.2) is 0 Å². The summed E-state index contributed by atoms with van der Waals surface area (Å²) in [7, 11) is 0. The first-order chi connectivity index (χ1) is 7.13. The quantitative estimate of drug-likeness (QED) is 0.750. The van der Waals surface area contributed by atoms with E-state index in [2.05, 4.69) is 31.9 Å². The molecule has 1 aliphatic carbocycles. The van der Waals surface area contributed by atoms with Crippen molar-refractivity contribution < 1.29 is 9.13 Å². The van der Waals surface area contributed by atoms with Crippen LogP contribution in [0.2, 0.25) is 0 Å². The molecule has 0 saturated heterocycles. The Morgan fingerprint density at radius 3 is 2.60 bits per heavy atom. The topological polar surface area (TPSA) is 9.23 Å². The fourth-order valence-electron chi connectivity index (χ4n) is 1.34. The van der Waals surface area contributed by atoms with Gasteiger partial charge in [0, 0.05) is 21.3 Å². The van der Waals surface area contributed by atoms with Crippen molar-refractivity contribution >= 4 is 31.9 Å². The van der Waals surface area contributed by atoms with Gasteiger partial charge in [-0.15, -0.1) is 0 Å². The van der Waals surface area contributed by atoms with Crippen LogP contribution in [0.3, 0.4) is 0 Å². The van der Waals surface area contributed by atoms with E-state index in [-0.39, 0.29) is 5.82 Å². The van der Waals surface area contributed by atoms with Crippen LogP contribution in [0.5, 0.6) is 5.75 Å². The van der Waals surface area contributed by atoms with E-state index >= 15 is 0 Å². The summed E-state index contributed by atoms with van der Waals surface area (Å²) in [5.74, 6) is 0.317. The number of ether oxygens (including phenoxy) is 1. The molecule has 1 saturated carbocycles.